The highest BCUT2D eigenvalue weighted by Crippen LogP contribution is 2.70. The van der Waals surface area contributed by atoms with E-state index in [9.17, 15) is 14.7 Å². The number of carbonyl (C=O) groups excluding carboxylic acids is 2. The Bertz CT molecular complexity index is 793. The quantitative estimate of drug-likeness (QED) is 0.443. The molecule has 1 saturated heterocycles. The Balaban J connectivity index is 1.75. The van der Waals surface area contributed by atoms with Gasteiger partial charge < -0.3 is 19.3 Å². The number of aliphatic hydroxyl groups excluding tert-OH is 1. The average Bonchev–Trinajstić information content (AvgIpc) is 3.23. The standard InChI is InChI=1S/C24H35BrO6/c1-14(2)16-10-24(13-26)22(3)8-7-15-17(11-29-21(15)28)18(22)12-30-23(24,4)20(16)31-19(27)6-5-9-25/h14,16,18,20,26H,5-13H2,1-4H3. The molecule has 1 N–H and O–H groups in total. The van der Waals surface area contributed by atoms with Crippen molar-refractivity contribution in [2.75, 3.05) is 25.2 Å². The lowest BCUT2D eigenvalue weighted by Crippen LogP contribution is -2.67. The summed E-state index contributed by atoms with van der Waals surface area (Å²) in [6.45, 7) is 9.33. The number of ether oxygens (including phenoxy) is 3. The van der Waals surface area contributed by atoms with E-state index >= 15 is 0 Å². The number of carbonyl (C=O) groups is 2. The fraction of sp³-hybridized carbons (Fsp3) is 0.833. The summed E-state index contributed by atoms with van der Waals surface area (Å²) in [5.74, 6) is -0.00539. The monoisotopic (exact) mass is 498 g/mol. The zero-order chi connectivity index (χ0) is 22.6. The number of hydrogen-bond acceptors (Lipinski definition) is 6. The Labute approximate surface area is 193 Å². The van der Waals surface area contributed by atoms with Gasteiger partial charge in [0.2, 0.25) is 0 Å². The summed E-state index contributed by atoms with van der Waals surface area (Å²) >= 11 is 3.38. The molecule has 0 aromatic rings. The van der Waals surface area contributed by atoms with Crippen LogP contribution >= 0.6 is 15.9 Å². The maximum Gasteiger partial charge on any atom is 0.334 e. The molecule has 2 heterocycles. The third-order valence-electron chi connectivity index (χ3n) is 9.09. The molecule has 1 saturated carbocycles. The van der Waals surface area contributed by atoms with Crippen LogP contribution in [0.1, 0.15) is 59.8 Å². The Kier molecular flexibility index (Phi) is 6.10. The van der Waals surface area contributed by atoms with Gasteiger partial charge in [0.25, 0.3) is 0 Å². The van der Waals surface area contributed by atoms with Gasteiger partial charge in [-0.15, -0.1) is 0 Å². The lowest BCUT2D eigenvalue weighted by molar-refractivity contribution is -0.270. The number of halogens is 1. The Morgan fingerprint density at radius 2 is 2.10 bits per heavy atom. The second-order valence-corrected chi connectivity index (χ2v) is 11.3. The van der Waals surface area contributed by atoms with Gasteiger partial charge in [-0.05, 0) is 49.5 Å². The number of aliphatic hydroxyl groups is 1. The zero-order valence-electron chi connectivity index (χ0n) is 19.0. The third kappa shape index (κ3) is 3.17. The Hall–Kier alpha value is -0.920. The van der Waals surface area contributed by atoms with Crippen LogP contribution in [0.25, 0.3) is 0 Å². The first-order valence-corrected chi connectivity index (χ1v) is 12.7. The van der Waals surface area contributed by atoms with E-state index in [2.05, 4.69) is 36.7 Å². The number of hydrogen-bond donors (Lipinski definition) is 1. The summed E-state index contributed by atoms with van der Waals surface area (Å²) in [5, 5.41) is 11.7. The van der Waals surface area contributed by atoms with Gasteiger partial charge in [-0.1, -0.05) is 36.7 Å². The summed E-state index contributed by atoms with van der Waals surface area (Å²) in [4.78, 5) is 24.9. The van der Waals surface area contributed by atoms with Crippen molar-refractivity contribution in [3.05, 3.63) is 11.1 Å². The van der Waals surface area contributed by atoms with Gasteiger partial charge in [-0.2, -0.15) is 0 Å². The summed E-state index contributed by atoms with van der Waals surface area (Å²) < 4.78 is 18.1. The predicted molar refractivity (Wildman–Crippen MR) is 119 cm³/mol. The molecule has 0 amide bonds. The maximum absolute atomic E-state index is 12.7. The minimum absolute atomic E-state index is 0.0265. The summed E-state index contributed by atoms with van der Waals surface area (Å²) in [6.07, 6.45) is 2.88. The van der Waals surface area contributed by atoms with Crippen molar-refractivity contribution in [3.8, 4) is 0 Å². The number of cyclic esters (lactones) is 1. The molecule has 0 aromatic heterocycles. The van der Waals surface area contributed by atoms with E-state index in [4.69, 9.17) is 14.2 Å². The molecule has 7 heteroatoms. The minimum atomic E-state index is -0.784. The van der Waals surface area contributed by atoms with Crippen LogP contribution in [0.3, 0.4) is 0 Å². The second kappa shape index (κ2) is 8.14. The highest BCUT2D eigenvalue weighted by atomic mass is 79.9. The molecule has 2 fully saturated rings. The van der Waals surface area contributed by atoms with Crippen LogP contribution < -0.4 is 0 Å². The van der Waals surface area contributed by atoms with Crippen molar-refractivity contribution in [2.45, 2.75) is 71.5 Å². The molecule has 6 unspecified atom stereocenters. The van der Waals surface area contributed by atoms with E-state index in [1.165, 1.54) is 0 Å². The largest absolute Gasteiger partial charge is 0.459 e. The fourth-order valence-electron chi connectivity index (χ4n) is 7.09. The van der Waals surface area contributed by atoms with Crippen LogP contribution in [-0.2, 0) is 23.8 Å². The van der Waals surface area contributed by atoms with Crippen molar-refractivity contribution in [1.82, 2.24) is 0 Å². The van der Waals surface area contributed by atoms with Gasteiger partial charge in [0.15, 0.2) is 0 Å². The van der Waals surface area contributed by atoms with Crippen LogP contribution in [0.5, 0.6) is 0 Å². The normalized spacial score (nSPS) is 41.6. The molecule has 4 rings (SSSR count). The van der Waals surface area contributed by atoms with Crippen LogP contribution in [-0.4, -0.2) is 53.9 Å². The van der Waals surface area contributed by atoms with Crippen molar-refractivity contribution < 1.29 is 28.9 Å². The van der Waals surface area contributed by atoms with Gasteiger partial charge in [-0.25, -0.2) is 4.79 Å². The van der Waals surface area contributed by atoms with Gasteiger partial charge in [-0.3, -0.25) is 4.79 Å². The molecule has 174 valence electrons. The second-order valence-electron chi connectivity index (χ2n) is 10.5. The van der Waals surface area contributed by atoms with Crippen LogP contribution in [0.15, 0.2) is 11.1 Å². The van der Waals surface area contributed by atoms with Crippen molar-refractivity contribution in [3.63, 3.8) is 0 Å². The van der Waals surface area contributed by atoms with E-state index in [1.807, 2.05) is 6.92 Å². The lowest BCUT2D eigenvalue weighted by Gasteiger charge is -2.62. The first-order valence-electron chi connectivity index (χ1n) is 11.5. The van der Waals surface area contributed by atoms with Crippen LogP contribution in [0.4, 0.5) is 0 Å². The minimum Gasteiger partial charge on any atom is -0.459 e. The number of rotatable bonds is 6. The summed E-state index contributed by atoms with van der Waals surface area (Å²) in [5.41, 5.74) is 0.230. The molecule has 6 atom stereocenters. The molecular weight excluding hydrogens is 464 g/mol. The van der Waals surface area contributed by atoms with E-state index in [1.54, 1.807) is 0 Å². The lowest BCUT2D eigenvalue weighted by atomic mass is 9.47. The zero-order valence-corrected chi connectivity index (χ0v) is 20.6. The predicted octanol–water partition coefficient (Wildman–Crippen LogP) is 3.79. The van der Waals surface area contributed by atoms with E-state index in [0.717, 1.165) is 35.7 Å². The van der Waals surface area contributed by atoms with Gasteiger partial charge in [0, 0.05) is 34.6 Å². The third-order valence-corrected chi connectivity index (χ3v) is 9.65. The molecule has 2 aliphatic heterocycles. The van der Waals surface area contributed by atoms with Gasteiger partial charge in [0.1, 0.15) is 18.3 Å². The Morgan fingerprint density at radius 1 is 1.35 bits per heavy atom. The molecule has 0 bridgehead atoms. The van der Waals surface area contributed by atoms with Crippen LogP contribution in [0.2, 0.25) is 0 Å². The van der Waals surface area contributed by atoms with Crippen molar-refractivity contribution in [1.29, 1.82) is 0 Å². The average molecular weight is 499 g/mol. The molecule has 4 aliphatic rings. The van der Waals surface area contributed by atoms with Gasteiger partial charge >= 0.3 is 11.9 Å². The van der Waals surface area contributed by atoms with E-state index < -0.39 is 17.1 Å². The first-order chi connectivity index (χ1) is 14.6. The molecule has 6 nitrogen and oxygen atoms in total. The number of esters is 2. The SMILES string of the molecule is CC(C)C1CC2(CO)C3(C)CCC4=C(COC4=O)C3COC2(C)C1OC(=O)CCCBr. The molecule has 0 spiro atoms. The number of fused-ring (bicyclic) bond motifs is 4. The molecule has 31 heavy (non-hydrogen) atoms. The van der Waals surface area contributed by atoms with Gasteiger partial charge in [0.05, 0.1) is 13.2 Å². The summed E-state index contributed by atoms with van der Waals surface area (Å²) in [7, 11) is 0. The molecule has 2 aliphatic carbocycles. The smallest absolute Gasteiger partial charge is 0.334 e. The molecular formula is C24H35BrO6. The Morgan fingerprint density at radius 3 is 2.74 bits per heavy atom. The fourth-order valence-corrected chi connectivity index (χ4v) is 7.37. The number of alkyl halides is 1. The molecule has 0 aromatic carbocycles. The van der Waals surface area contributed by atoms with E-state index in [0.29, 0.717) is 26.1 Å². The maximum atomic E-state index is 12.7. The highest BCUT2D eigenvalue weighted by molar-refractivity contribution is 9.09. The first kappa shape index (κ1) is 23.2. The topological polar surface area (TPSA) is 82.1 Å². The van der Waals surface area contributed by atoms with E-state index in [-0.39, 0.29) is 41.7 Å². The van der Waals surface area contributed by atoms with Crippen molar-refractivity contribution >= 4 is 27.9 Å². The van der Waals surface area contributed by atoms with Crippen molar-refractivity contribution in [2.24, 2.45) is 28.6 Å². The van der Waals surface area contributed by atoms with Crippen LogP contribution in [0, 0.1) is 28.6 Å². The summed E-state index contributed by atoms with van der Waals surface area (Å²) in [6, 6.07) is 0. The highest BCUT2D eigenvalue weighted by Gasteiger charge is 2.74. The molecule has 0 radical (unpaired) electrons.